The second kappa shape index (κ2) is 7.75. The summed E-state index contributed by atoms with van der Waals surface area (Å²) in [5.41, 5.74) is 2.32. The molecule has 0 fully saturated rings. The Morgan fingerprint density at radius 1 is 1.23 bits per heavy atom. The molecule has 0 aliphatic carbocycles. The second-order valence-corrected chi connectivity index (χ2v) is 6.61. The number of anilines is 1. The number of carboxylic acid groups (broad SMARTS) is 1. The summed E-state index contributed by atoms with van der Waals surface area (Å²) in [6.45, 7) is -0.392. The first-order chi connectivity index (χ1) is 14.3. The van der Waals surface area contributed by atoms with Gasteiger partial charge in [-0.25, -0.2) is 19.4 Å². The first kappa shape index (κ1) is 19.8. The molecule has 0 saturated carbocycles. The van der Waals surface area contributed by atoms with Crippen LogP contribution in [0.25, 0.3) is 28.0 Å². The summed E-state index contributed by atoms with van der Waals surface area (Å²) in [6, 6.07) is 6.24. The molecule has 1 aromatic carbocycles. The van der Waals surface area contributed by atoms with Gasteiger partial charge in [-0.2, -0.15) is 18.3 Å². The molecule has 2 aromatic heterocycles. The van der Waals surface area contributed by atoms with Crippen LogP contribution in [0, 0.1) is 0 Å². The van der Waals surface area contributed by atoms with E-state index in [1.807, 2.05) is 6.08 Å². The minimum absolute atomic E-state index is 0.0763. The van der Waals surface area contributed by atoms with E-state index in [2.05, 4.69) is 20.4 Å². The Kier molecular flexibility index (Phi) is 5.12. The van der Waals surface area contributed by atoms with Gasteiger partial charge in [0.1, 0.15) is 6.54 Å². The van der Waals surface area contributed by atoms with Crippen molar-refractivity contribution >= 4 is 28.4 Å². The van der Waals surface area contributed by atoms with Crippen molar-refractivity contribution in [2.24, 2.45) is 0 Å². The van der Waals surface area contributed by atoms with Crippen LogP contribution in [0.2, 0.25) is 0 Å². The maximum absolute atomic E-state index is 13.0. The predicted molar refractivity (Wildman–Crippen MR) is 102 cm³/mol. The molecule has 11 heteroatoms. The van der Waals surface area contributed by atoms with E-state index in [1.165, 1.54) is 18.3 Å². The number of halogens is 3. The van der Waals surface area contributed by atoms with E-state index in [1.54, 1.807) is 12.1 Å². The monoisotopic (exact) mass is 419 g/mol. The molecule has 3 aromatic rings. The van der Waals surface area contributed by atoms with E-state index in [4.69, 9.17) is 9.84 Å². The molecule has 156 valence electrons. The van der Waals surface area contributed by atoms with Crippen molar-refractivity contribution in [3.63, 3.8) is 0 Å². The number of hydrogen-bond acceptors (Lipinski definition) is 5. The highest BCUT2D eigenvalue weighted by Gasteiger charge is 2.30. The lowest BCUT2D eigenvalue weighted by Crippen LogP contribution is -2.19. The molecule has 1 aliphatic heterocycles. The third-order valence-electron chi connectivity index (χ3n) is 4.49. The molecular formula is C19H16F3N5O3. The number of nitrogens with one attached hydrogen (secondary N) is 1. The van der Waals surface area contributed by atoms with Crippen LogP contribution < -0.4 is 5.32 Å². The fraction of sp³-hybridized carbons (Fsp3) is 0.263. The Balaban J connectivity index is 1.83. The molecule has 0 radical (unpaired) electrons. The molecule has 0 spiro atoms. The van der Waals surface area contributed by atoms with Gasteiger partial charge in [-0.15, -0.1) is 0 Å². The van der Waals surface area contributed by atoms with E-state index in [0.29, 0.717) is 42.0 Å². The largest absolute Gasteiger partial charge is 0.465 e. The minimum Gasteiger partial charge on any atom is -0.465 e. The Hall–Kier alpha value is -3.47. The zero-order chi connectivity index (χ0) is 21.3. The van der Waals surface area contributed by atoms with Gasteiger partial charge in [-0.3, -0.25) is 5.32 Å². The molecule has 1 amide bonds. The van der Waals surface area contributed by atoms with Crippen molar-refractivity contribution in [3.05, 3.63) is 42.2 Å². The van der Waals surface area contributed by atoms with E-state index in [9.17, 15) is 18.0 Å². The summed E-state index contributed by atoms with van der Waals surface area (Å²) >= 11 is 0. The molecule has 30 heavy (non-hydrogen) atoms. The number of ether oxygens (including phenoxy) is 1. The molecule has 2 N–H and O–H groups in total. The lowest BCUT2D eigenvalue weighted by Gasteiger charge is -2.15. The van der Waals surface area contributed by atoms with E-state index in [-0.39, 0.29) is 11.5 Å². The van der Waals surface area contributed by atoms with Crippen molar-refractivity contribution in [3.8, 4) is 11.4 Å². The number of alkyl halides is 3. The van der Waals surface area contributed by atoms with Crippen LogP contribution in [-0.2, 0) is 11.3 Å². The normalized spacial score (nSPS) is 14.6. The second-order valence-electron chi connectivity index (χ2n) is 6.61. The van der Waals surface area contributed by atoms with Crippen molar-refractivity contribution in [1.82, 2.24) is 19.7 Å². The van der Waals surface area contributed by atoms with Crippen LogP contribution >= 0.6 is 0 Å². The Morgan fingerprint density at radius 3 is 2.63 bits per heavy atom. The van der Waals surface area contributed by atoms with Crippen LogP contribution in [0.3, 0.4) is 0 Å². The predicted octanol–water partition coefficient (Wildman–Crippen LogP) is 3.95. The number of amides is 1. The smallest absolute Gasteiger partial charge is 0.409 e. The summed E-state index contributed by atoms with van der Waals surface area (Å²) in [4.78, 5) is 19.7. The van der Waals surface area contributed by atoms with E-state index >= 15 is 0 Å². The molecular weight excluding hydrogens is 403 g/mol. The van der Waals surface area contributed by atoms with Gasteiger partial charge in [0.25, 0.3) is 0 Å². The highest BCUT2D eigenvalue weighted by atomic mass is 19.4. The number of aromatic nitrogens is 4. The maximum Gasteiger partial charge on any atom is 0.409 e. The van der Waals surface area contributed by atoms with Gasteiger partial charge < -0.3 is 9.84 Å². The van der Waals surface area contributed by atoms with Crippen molar-refractivity contribution in [1.29, 1.82) is 0 Å². The molecule has 0 bridgehead atoms. The zero-order valence-electron chi connectivity index (χ0n) is 15.5. The molecule has 0 atom stereocenters. The highest BCUT2D eigenvalue weighted by Crippen LogP contribution is 2.30. The van der Waals surface area contributed by atoms with Crippen molar-refractivity contribution in [2.75, 3.05) is 18.5 Å². The molecule has 8 nitrogen and oxygen atoms in total. The number of rotatable bonds is 4. The average Bonchev–Trinajstić information content (AvgIpc) is 3.09. The SMILES string of the molecule is O=C(O)Nc1ccc(-c2nc(C3=CCOCC3)c3cnn(CC(F)(F)F)c3n2)cc1. The van der Waals surface area contributed by atoms with Crippen LogP contribution in [0.1, 0.15) is 12.1 Å². The number of carbonyl (C=O) groups is 1. The van der Waals surface area contributed by atoms with Gasteiger partial charge in [0.05, 0.1) is 30.5 Å². The summed E-state index contributed by atoms with van der Waals surface area (Å²) in [6.07, 6.45) is -1.90. The molecule has 3 heterocycles. The lowest BCUT2D eigenvalue weighted by molar-refractivity contribution is -0.141. The minimum atomic E-state index is -4.45. The maximum atomic E-state index is 13.0. The molecule has 1 aliphatic rings. The summed E-state index contributed by atoms with van der Waals surface area (Å²) in [7, 11) is 0. The Morgan fingerprint density at radius 2 is 2.00 bits per heavy atom. The van der Waals surface area contributed by atoms with Crippen LogP contribution in [-0.4, -0.2) is 50.3 Å². The fourth-order valence-electron chi connectivity index (χ4n) is 3.18. The van der Waals surface area contributed by atoms with Gasteiger partial charge in [0, 0.05) is 11.3 Å². The summed E-state index contributed by atoms with van der Waals surface area (Å²) < 4.78 is 45.1. The van der Waals surface area contributed by atoms with Crippen LogP contribution in [0.15, 0.2) is 36.5 Å². The van der Waals surface area contributed by atoms with Gasteiger partial charge in [0.15, 0.2) is 11.5 Å². The lowest BCUT2D eigenvalue weighted by atomic mass is 10.0. The highest BCUT2D eigenvalue weighted by molar-refractivity contribution is 5.89. The first-order valence-corrected chi connectivity index (χ1v) is 8.98. The average molecular weight is 419 g/mol. The van der Waals surface area contributed by atoms with Gasteiger partial charge in [0.2, 0.25) is 0 Å². The fourth-order valence-corrected chi connectivity index (χ4v) is 3.18. The third kappa shape index (κ3) is 4.25. The van der Waals surface area contributed by atoms with Crippen LogP contribution in [0.4, 0.5) is 23.7 Å². The number of fused-ring (bicyclic) bond motifs is 1. The van der Waals surface area contributed by atoms with Crippen LogP contribution in [0.5, 0.6) is 0 Å². The number of nitrogens with zero attached hydrogens (tertiary/aromatic N) is 4. The van der Waals surface area contributed by atoms with Crippen molar-refractivity contribution in [2.45, 2.75) is 19.1 Å². The molecule has 0 unspecified atom stereocenters. The summed E-state index contributed by atoms with van der Waals surface area (Å²) in [5, 5.41) is 15.3. The molecule has 4 rings (SSSR count). The van der Waals surface area contributed by atoms with Gasteiger partial charge in [-0.1, -0.05) is 6.08 Å². The standard InChI is InChI=1S/C19H16F3N5O3/c20-19(21,22)10-27-17-14(9-23-27)15(11-5-7-30-8-6-11)25-16(26-17)12-1-3-13(4-2-12)24-18(28)29/h1-5,9,24H,6-8,10H2,(H,28,29). The van der Waals surface area contributed by atoms with E-state index in [0.717, 1.165) is 10.3 Å². The number of benzene rings is 1. The summed E-state index contributed by atoms with van der Waals surface area (Å²) in [5.74, 6) is 0.218. The third-order valence-corrected chi connectivity index (χ3v) is 4.49. The quantitative estimate of drug-likeness (QED) is 0.664. The zero-order valence-corrected chi connectivity index (χ0v) is 15.5. The van der Waals surface area contributed by atoms with E-state index < -0.39 is 18.8 Å². The van der Waals surface area contributed by atoms with Gasteiger partial charge in [-0.05, 0) is 36.3 Å². The first-order valence-electron chi connectivity index (χ1n) is 8.98. The Labute approximate surface area is 168 Å². The topological polar surface area (TPSA) is 102 Å². The number of hydrogen-bond donors (Lipinski definition) is 2. The van der Waals surface area contributed by atoms with Gasteiger partial charge >= 0.3 is 12.3 Å². The Bertz CT molecular complexity index is 1120. The van der Waals surface area contributed by atoms with Crippen molar-refractivity contribution < 1.29 is 27.8 Å². The molecule has 0 saturated heterocycles.